The number of rotatable bonds is 6. The molecule has 1 saturated heterocycles. The molecule has 3 rings (SSSR count). The maximum absolute atomic E-state index is 12.3. The zero-order chi connectivity index (χ0) is 17.5. The summed E-state index contributed by atoms with van der Waals surface area (Å²) >= 11 is 0. The molecule has 1 aliphatic carbocycles. The molecule has 1 saturated carbocycles. The Bertz CT molecular complexity index is 550. The Morgan fingerprint density at radius 1 is 1.16 bits per heavy atom. The van der Waals surface area contributed by atoms with Crippen LogP contribution >= 0.6 is 0 Å². The number of benzene rings is 1. The second-order valence-electron chi connectivity index (χ2n) is 7.41. The van der Waals surface area contributed by atoms with Gasteiger partial charge in [0.05, 0.1) is 6.61 Å². The number of carbonyl (C=O) groups excluding carboxylic acids is 1. The van der Waals surface area contributed by atoms with Crippen molar-refractivity contribution in [3.8, 4) is 0 Å². The average molecular weight is 345 g/mol. The van der Waals surface area contributed by atoms with Crippen LogP contribution < -0.4 is 10.6 Å². The Labute approximate surface area is 151 Å². The number of piperidine rings is 1. The fourth-order valence-electron chi connectivity index (χ4n) is 4.09. The van der Waals surface area contributed by atoms with E-state index in [9.17, 15) is 4.79 Å². The van der Waals surface area contributed by atoms with E-state index >= 15 is 0 Å². The number of anilines is 1. The zero-order valence-electron chi connectivity index (χ0n) is 15.3. The first-order chi connectivity index (χ1) is 12.2. The topological polar surface area (TPSA) is 53.6 Å². The first-order valence-electron chi connectivity index (χ1n) is 9.61. The van der Waals surface area contributed by atoms with E-state index in [-0.39, 0.29) is 12.1 Å². The van der Waals surface area contributed by atoms with Crippen LogP contribution in [-0.4, -0.2) is 43.7 Å². The summed E-state index contributed by atoms with van der Waals surface area (Å²) in [5.74, 6) is 0.907. The lowest BCUT2D eigenvalue weighted by molar-refractivity contribution is 0.173. The number of nitrogens with zero attached hydrogens (tertiary/aromatic N) is 1. The molecule has 138 valence electrons. The average Bonchev–Trinajstić information content (AvgIpc) is 3.12. The lowest BCUT2D eigenvalue weighted by Gasteiger charge is -2.33. The molecule has 5 heteroatoms. The molecular weight excluding hydrogens is 314 g/mol. The van der Waals surface area contributed by atoms with Gasteiger partial charge < -0.3 is 20.3 Å². The normalized spacial score (nSPS) is 19.9. The highest BCUT2D eigenvalue weighted by Gasteiger charge is 2.24. The van der Waals surface area contributed by atoms with E-state index in [1.165, 1.54) is 32.2 Å². The first kappa shape index (κ1) is 18.2. The van der Waals surface area contributed by atoms with Crippen LogP contribution in [0.15, 0.2) is 24.3 Å². The molecule has 1 aliphatic heterocycles. The van der Waals surface area contributed by atoms with Crippen molar-refractivity contribution in [3.63, 3.8) is 0 Å². The van der Waals surface area contributed by atoms with Gasteiger partial charge in [0.15, 0.2) is 0 Å². The number of likely N-dealkylation sites (tertiary alicyclic amines) is 1. The highest BCUT2D eigenvalue weighted by atomic mass is 16.5. The summed E-state index contributed by atoms with van der Waals surface area (Å²) in [5, 5.41) is 6.10. The third-order valence-corrected chi connectivity index (χ3v) is 5.48. The molecule has 5 nitrogen and oxygen atoms in total. The van der Waals surface area contributed by atoms with Gasteiger partial charge in [-0.05, 0) is 37.7 Å². The van der Waals surface area contributed by atoms with Gasteiger partial charge in [0.2, 0.25) is 0 Å². The van der Waals surface area contributed by atoms with Crippen molar-refractivity contribution >= 4 is 11.7 Å². The maximum Gasteiger partial charge on any atom is 0.319 e. The molecule has 2 N–H and O–H groups in total. The Hall–Kier alpha value is -1.59. The molecule has 2 fully saturated rings. The molecule has 2 aliphatic rings. The summed E-state index contributed by atoms with van der Waals surface area (Å²) in [5.41, 5.74) is 1.81. The summed E-state index contributed by atoms with van der Waals surface area (Å²) in [6.45, 7) is 3.95. The van der Waals surface area contributed by atoms with Crippen LogP contribution in [0, 0.1) is 5.92 Å². The summed E-state index contributed by atoms with van der Waals surface area (Å²) < 4.78 is 5.19. The van der Waals surface area contributed by atoms with Crippen LogP contribution in [0.5, 0.6) is 0 Å². The van der Waals surface area contributed by atoms with Crippen LogP contribution in [0.3, 0.4) is 0 Å². The van der Waals surface area contributed by atoms with Gasteiger partial charge in [-0.1, -0.05) is 31.0 Å². The zero-order valence-corrected chi connectivity index (χ0v) is 15.3. The minimum absolute atomic E-state index is 0.113. The smallest absolute Gasteiger partial charge is 0.319 e. The molecule has 1 aromatic rings. The van der Waals surface area contributed by atoms with Gasteiger partial charge >= 0.3 is 6.03 Å². The highest BCUT2D eigenvalue weighted by Crippen LogP contribution is 2.26. The molecular formula is C20H31N3O2. The number of amides is 2. The van der Waals surface area contributed by atoms with Crippen LogP contribution in [0.4, 0.5) is 10.5 Å². The molecule has 0 bridgehead atoms. The minimum atomic E-state index is -0.113. The van der Waals surface area contributed by atoms with Gasteiger partial charge in [-0.3, -0.25) is 0 Å². The number of methoxy groups -OCH3 is 1. The lowest BCUT2D eigenvalue weighted by atomic mass is 10.0. The van der Waals surface area contributed by atoms with Gasteiger partial charge in [-0.25, -0.2) is 4.79 Å². The van der Waals surface area contributed by atoms with Crippen molar-refractivity contribution in [1.82, 2.24) is 10.2 Å². The van der Waals surface area contributed by atoms with Gasteiger partial charge in [-0.15, -0.1) is 0 Å². The maximum atomic E-state index is 12.3. The first-order valence-corrected chi connectivity index (χ1v) is 9.61. The van der Waals surface area contributed by atoms with E-state index in [0.717, 1.165) is 43.1 Å². The van der Waals surface area contributed by atoms with E-state index < -0.39 is 0 Å². The number of ether oxygens (including phenoxy) is 1. The highest BCUT2D eigenvalue weighted by molar-refractivity contribution is 5.90. The Kier molecular flexibility index (Phi) is 6.70. The third kappa shape index (κ3) is 5.44. The van der Waals surface area contributed by atoms with Crippen molar-refractivity contribution in [3.05, 3.63) is 29.8 Å². The van der Waals surface area contributed by atoms with Gasteiger partial charge in [-0.2, -0.15) is 0 Å². The monoisotopic (exact) mass is 345 g/mol. The van der Waals surface area contributed by atoms with Gasteiger partial charge in [0.25, 0.3) is 0 Å². The Morgan fingerprint density at radius 3 is 2.60 bits per heavy atom. The third-order valence-electron chi connectivity index (χ3n) is 5.48. The van der Waals surface area contributed by atoms with Gasteiger partial charge in [0, 0.05) is 44.0 Å². The summed E-state index contributed by atoms with van der Waals surface area (Å²) in [6, 6.07) is 7.93. The van der Waals surface area contributed by atoms with Crippen LogP contribution in [-0.2, 0) is 11.3 Å². The predicted molar refractivity (Wildman–Crippen MR) is 101 cm³/mol. The van der Waals surface area contributed by atoms with Crippen molar-refractivity contribution < 1.29 is 9.53 Å². The number of urea groups is 1. The SMILES string of the molecule is COCc1ccccc1NC(=O)NC1CCN(CC2CCCC2)CC1. The molecule has 0 spiro atoms. The second-order valence-corrected chi connectivity index (χ2v) is 7.41. The largest absolute Gasteiger partial charge is 0.380 e. The molecule has 2 amide bonds. The van der Waals surface area contributed by atoms with Crippen molar-refractivity contribution in [2.45, 2.75) is 51.2 Å². The van der Waals surface area contributed by atoms with Gasteiger partial charge in [0.1, 0.15) is 0 Å². The van der Waals surface area contributed by atoms with E-state index in [4.69, 9.17) is 4.74 Å². The molecule has 1 aromatic carbocycles. The fraction of sp³-hybridized carbons (Fsp3) is 0.650. The summed E-state index contributed by atoms with van der Waals surface area (Å²) in [6.07, 6.45) is 7.71. The van der Waals surface area contributed by atoms with Crippen LogP contribution in [0.2, 0.25) is 0 Å². The quantitative estimate of drug-likeness (QED) is 0.828. The van der Waals surface area contributed by atoms with Crippen LogP contribution in [0.1, 0.15) is 44.1 Å². The van der Waals surface area contributed by atoms with Crippen LogP contribution in [0.25, 0.3) is 0 Å². The number of carbonyl (C=O) groups is 1. The molecule has 1 heterocycles. The van der Waals surface area contributed by atoms with Crippen molar-refractivity contribution in [2.24, 2.45) is 5.92 Å². The summed E-state index contributed by atoms with van der Waals surface area (Å²) in [4.78, 5) is 14.9. The standard InChI is InChI=1S/C20H31N3O2/c1-25-15-17-8-4-5-9-19(17)22-20(24)21-18-10-12-23(13-11-18)14-16-6-2-3-7-16/h4-5,8-9,16,18H,2-3,6-7,10-15H2,1H3,(H2,21,22,24). The fourth-order valence-corrected chi connectivity index (χ4v) is 4.09. The van der Waals surface area contributed by atoms with Crippen molar-refractivity contribution in [2.75, 3.05) is 32.1 Å². The van der Waals surface area contributed by atoms with E-state index in [1.807, 2.05) is 24.3 Å². The molecule has 0 aromatic heterocycles. The number of hydrogen-bond acceptors (Lipinski definition) is 3. The summed E-state index contributed by atoms with van der Waals surface area (Å²) in [7, 11) is 1.66. The predicted octanol–water partition coefficient (Wildman–Crippen LogP) is 3.61. The van der Waals surface area contributed by atoms with E-state index in [2.05, 4.69) is 15.5 Å². The van der Waals surface area contributed by atoms with Crippen molar-refractivity contribution in [1.29, 1.82) is 0 Å². The Morgan fingerprint density at radius 2 is 1.88 bits per heavy atom. The molecule has 25 heavy (non-hydrogen) atoms. The van der Waals surface area contributed by atoms with E-state index in [0.29, 0.717) is 6.61 Å². The number of hydrogen-bond donors (Lipinski definition) is 2. The number of para-hydroxylation sites is 1. The van der Waals surface area contributed by atoms with E-state index in [1.54, 1.807) is 7.11 Å². The Balaban J connectivity index is 1.42. The molecule has 0 radical (unpaired) electrons. The molecule has 0 unspecified atom stereocenters. The number of nitrogens with one attached hydrogen (secondary N) is 2. The molecule has 0 atom stereocenters. The second kappa shape index (κ2) is 9.20. The lowest BCUT2D eigenvalue weighted by Crippen LogP contribution is -2.46. The minimum Gasteiger partial charge on any atom is -0.380 e.